The van der Waals surface area contributed by atoms with Crippen LogP contribution in [0.2, 0.25) is 5.02 Å². The van der Waals surface area contributed by atoms with Crippen molar-refractivity contribution < 1.29 is 28.6 Å². The SMILES string of the molecule is CCC(OC(=O)c1ccccc1-c1nc2ccccc2o1)C(=O)Nc1ccc(Cl)c(C(=O)O)c1. The van der Waals surface area contributed by atoms with Crippen LogP contribution in [0.15, 0.2) is 71.1 Å². The van der Waals surface area contributed by atoms with Crippen LogP contribution in [-0.2, 0) is 9.53 Å². The van der Waals surface area contributed by atoms with Gasteiger partial charge in [-0.25, -0.2) is 14.6 Å². The minimum absolute atomic E-state index is 0.0415. The molecule has 1 unspecified atom stereocenters. The van der Waals surface area contributed by atoms with E-state index in [-0.39, 0.29) is 34.1 Å². The molecule has 172 valence electrons. The molecule has 34 heavy (non-hydrogen) atoms. The topological polar surface area (TPSA) is 119 Å². The molecule has 1 heterocycles. The fourth-order valence-corrected chi connectivity index (χ4v) is 3.54. The molecule has 3 aromatic carbocycles. The number of benzene rings is 3. The first-order valence-electron chi connectivity index (χ1n) is 10.4. The molecule has 8 nitrogen and oxygen atoms in total. The molecule has 0 radical (unpaired) electrons. The maximum Gasteiger partial charge on any atom is 0.339 e. The molecule has 1 amide bonds. The van der Waals surface area contributed by atoms with Crippen LogP contribution in [0.1, 0.15) is 34.1 Å². The zero-order valence-electron chi connectivity index (χ0n) is 17.9. The first-order chi connectivity index (χ1) is 16.4. The molecule has 4 rings (SSSR count). The average Bonchev–Trinajstić information content (AvgIpc) is 3.27. The number of carbonyl (C=O) groups is 3. The number of nitrogens with zero attached hydrogens (tertiary/aromatic N) is 1. The summed E-state index contributed by atoms with van der Waals surface area (Å²) in [6.45, 7) is 1.69. The first kappa shape index (κ1) is 23.0. The Morgan fingerprint density at radius 1 is 1.06 bits per heavy atom. The lowest BCUT2D eigenvalue weighted by molar-refractivity contribution is -0.124. The van der Waals surface area contributed by atoms with E-state index >= 15 is 0 Å². The summed E-state index contributed by atoms with van der Waals surface area (Å²) in [4.78, 5) is 41.5. The van der Waals surface area contributed by atoms with Crippen LogP contribution in [0.4, 0.5) is 5.69 Å². The van der Waals surface area contributed by atoms with E-state index in [9.17, 15) is 19.5 Å². The van der Waals surface area contributed by atoms with Crippen molar-refractivity contribution in [2.24, 2.45) is 0 Å². The second-order valence-electron chi connectivity index (χ2n) is 7.32. The number of ether oxygens (including phenoxy) is 1. The van der Waals surface area contributed by atoms with Crippen LogP contribution in [0.3, 0.4) is 0 Å². The van der Waals surface area contributed by atoms with Gasteiger partial charge in [-0.3, -0.25) is 4.79 Å². The number of carboxylic acid groups (broad SMARTS) is 1. The summed E-state index contributed by atoms with van der Waals surface area (Å²) in [6, 6.07) is 18.0. The number of hydrogen-bond acceptors (Lipinski definition) is 6. The van der Waals surface area contributed by atoms with Crippen molar-refractivity contribution >= 4 is 46.2 Å². The molecule has 0 fully saturated rings. The van der Waals surface area contributed by atoms with Crippen LogP contribution in [0.25, 0.3) is 22.6 Å². The molecule has 0 saturated carbocycles. The van der Waals surface area contributed by atoms with Gasteiger partial charge in [-0.1, -0.05) is 42.8 Å². The van der Waals surface area contributed by atoms with Crippen molar-refractivity contribution in [2.75, 3.05) is 5.32 Å². The van der Waals surface area contributed by atoms with Crippen LogP contribution in [0.5, 0.6) is 0 Å². The summed E-state index contributed by atoms with van der Waals surface area (Å²) >= 11 is 5.87. The van der Waals surface area contributed by atoms with Crippen LogP contribution < -0.4 is 5.32 Å². The van der Waals surface area contributed by atoms with E-state index in [4.69, 9.17) is 20.8 Å². The van der Waals surface area contributed by atoms with Gasteiger partial charge in [0.25, 0.3) is 5.91 Å². The lowest BCUT2D eigenvalue weighted by Gasteiger charge is -2.17. The minimum atomic E-state index is -1.23. The van der Waals surface area contributed by atoms with Crippen molar-refractivity contribution in [2.45, 2.75) is 19.4 Å². The molecule has 1 atom stereocenters. The zero-order valence-corrected chi connectivity index (χ0v) is 18.7. The van der Waals surface area contributed by atoms with Gasteiger partial charge in [0.2, 0.25) is 5.89 Å². The minimum Gasteiger partial charge on any atom is -0.478 e. The molecule has 9 heteroatoms. The van der Waals surface area contributed by atoms with Gasteiger partial charge in [0.1, 0.15) is 5.52 Å². The normalized spacial score (nSPS) is 11.7. The molecule has 4 aromatic rings. The van der Waals surface area contributed by atoms with E-state index in [0.717, 1.165) is 0 Å². The third-order valence-electron chi connectivity index (χ3n) is 5.05. The summed E-state index contributed by atoms with van der Waals surface area (Å²) < 4.78 is 11.3. The number of halogens is 1. The van der Waals surface area contributed by atoms with Gasteiger partial charge in [-0.05, 0) is 48.9 Å². The van der Waals surface area contributed by atoms with Crippen molar-refractivity contribution in [3.8, 4) is 11.5 Å². The quantitative estimate of drug-likeness (QED) is 0.340. The van der Waals surface area contributed by atoms with Crippen molar-refractivity contribution in [3.05, 3.63) is 82.9 Å². The number of carboxylic acids is 1. The van der Waals surface area contributed by atoms with Gasteiger partial charge < -0.3 is 19.6 Å². The van der Waals surface area contributed by atoms with Gasteiger partial charge >= 0.3 is 11.9 Å². The summed E-state index contributed by atoms with van der Waals surface area (Å²) in [6.07, 6.45) is -0.921. The van der Waals surface area contributed by atoms with E-state index in [2.05, 4.69) is 10.3 Å². The Kier molecular flexibility index (Phi) is 6.60. The average molecular weight is 479 g/mol. The van der Waals surface area contributed by atoms with Gasteiger partial charge in [-0.15, -0.1) is 0 Å². The van der Waals surface area contributed by atoms with E-state index in [1.807, 2.05) is 12.1 Å². The number of aromatic nitrogens is 1. The molecule has 0 aliphatic carbocycles. The number of esters is 1. The number of aromatic carboxylic acids is 1. The Balaban J connectivity index is 1.54. The molecule has 0 saturated heterocycles. The van der Waals surface area contributed by atoms with E-state index in [0.29, 0.717) is 16.7 Å². The van der Waals surface area contributed by atoms with Gasteiger partial charge in [0, 0.05) is 5.69 Å². The standard InChI is InChI=1S/C25H19ClN2O6/c1-2-20(22(29)27-14-11-12-18(26)17(13-14)24(30)31)34-25(32)16-8-4-3-7-15(16)23-28-19-9-5-6-10-21(19)33-23/h3-13,20H,2H2,1H3,(H,27,29)(H,30,31). The molecular formula is C25H19ClN2O6. The number of nitrogens with one attached hydrogen (secondary N) is 1. The Morgan fingerprint density at radius 2 is 1.79 bits per heavy atom. The van der Waals surface area contributed by atoms with Crippen LogP contribution in [-0.4, -0.2) is 34.0 Å². The summed E-state index contributed by atoms with van der Waals surface area (Å²) in [5.41, 5.74) is 1.91. The lowest BCUT2D eigenvalue weighted by Crippen LogP contribution is -2.32. The van der Waals surface area contributed by atoms with E-state index < -0.39 is 23.9 Å². The number of amides is 1. The summed E-state index contributed by atoms with van der Waals surface area (Å²) in [5.74, 6) is -2.29. The molecule has 0 bridgehead atoms. The van der Waals surface area contributed by atoms with Gasteiger partial charge in [0.05, 0.1) is 21.7 Å². The fraction of sp³-hybridized carbons (Fsp3) is 0.120. The third kappa shape index (κ3) is 4.77. The smallest absolute Gasteiger partial charge is 0.339 e. The molecule has 0 aliphatic rings. The number of carbonyl (C=O) groups excluding carboxylic acids is 2. The molecule has 0 aliphatic heterocycles. The largest absolute Gasteiger partial charge is 0.478 e. The lowest BCUT2D eigenvalue weighted by atomic mass is 10.1. The van der Waals surface area contributed by atoms with Gasteiger partial charge in [0.15, 0.2) is 11.7 Å². The second kappa shape index (κ2) is 9.76. The number of oxazole rings is 1. The molecule has 1 aromatic heterocycles. The van der Waals surface area contributed by atoms with Crippen molar-refractivity contribution in [1.29, 1.82) is 0 Å². The number of para-hydroxylation sites is 2. The Labute approximate surface area is 199 Å². The monoisotopic (exact) mass is 478 g/mol. The molecular weight excluding hydrogens is 460 g/mol. The zero-order chi connectivity index (χ0) is 24.2. The fourth-order valence-electron chi connectivity index (χ4n) is 3.34. The number of anilines is 1. The summed E-state index contributed by atoms with van der Waals surface area (Å²) in [5, 5.41) is 11.8. The predicted octanol–water partition coefficient (Wildman–Crippen LogP) is 5.42. The molecule has 2 N–H and O–H groups in total. The van der Waals surface area contributed by atoms with E-state index in [1.54, 1.807) is 43.3 Å². The highest BCUT2D eigenvalue weighted by Gasteiger charge is 2.25. The second-order valence-corrected chi connectivity index (χ2v) is 7.73. The van der Waals surface area contributed by atoms with Crippen molar-refractivity contribution in [3.63, 3.8) is 0 Å². The predicted molar refractivity (Wildman–Crippen MR) is 126 cm³/mol. The highest BCUT2D eigenvalue weighted by Crippen LogP contribution is 2.28. The first-order valence-corrected chi connectivity index (χ1v) is 10.7. The van der Waals surface area contributed by atoms with Crippen LogP contribution in [0, 0.1) is 0 Å². The number of rotatable bonds is 7. The highest BCUT2D eigenvalue weighted by molar-refractivity contribution is 6.33. The molecule has 0 spiro atoms. The van der Waals surface area contributed by atoms with Gasteiger partial charge in [-0.2, -0.15) is 0 Å². The highest BCUT2D eigenvalue weighted by atomic mass is 35.5. The van der Waals surface area contributed by atoms with Crippen molar-refractivity contribution in [1.82, 2.24) is 4.98 Å². The number of fused-ring (bicyclic) bond motifs is 1. The Hall–Kier alpha value is -4.17. The Bertz CT molecular complexity index is 1360. The third-order valence-corrected chi connectivity index (χ3v) is 5.38. The summed E-state index contributed by atoms with van der Waals surface area (Å²) in [7, 11) is 0. The maximum atomic E-state index is 13.0. The van der Waals surface area contributed by atoms with E-state index in [1.165, 1.54) is 18.2 Å². The maximum absolute atomic E-state index is 13.0. The Morgan fingerprint density at radius 3 is 2.53 bits per heavy atom. The van der Waals surface area contributed by atoms with Crippen LogP contribution >= 0.6 is 11.6 Å². The number of hydrogen-bond donors (Lipinski definition) is 2.